The number of ether oxygens (including phenoxy) is 1. The van der Waals surface area contributed by atoms with Crippen LogP contribution in [-0.2, 0) is 23.9 Å². The smallest absolute Gasteiger partial charge is 0.345 e. The number of aromatic nitrogens is 4. The summed E-state index contributed by atoms with van der Waals surface area (Å²) < 4.78 is 44.4. The van der Waals surface area contributed by atoms with Crippen molar-refractivity contribution in [2.75, 3.05) is 17.6 Å². The maximum Gasteiger partial charge on any atom is 0.345 e. The molecule has 6 N–H and O–H groups in total. The van der Waals surface area contributed by atoms with Crippen molar-refractivity contribution >= 4 is 51.8 Å². The van der Waals surface area contributed by atoms with Gasteiger partial charge in [0.15, 0.2) is 26.7 Å². The molecule has 15 nitrogen and oxygen atoms in total. The molecule has 1 saturated carbocycles. The number of fused-ring (bicyclic) bond motifs is 1. The van der Waals surface area contributed by atoms with Gasteiger partial charge >= 0.3 is 7.60 Å². The van der Waals surface area contributed by atoms with Gasteiger partial charge in [-0.25, -0.2) is 13.1 Å². The quantitative estimate of drug-likeness (QED) is 0.162. The minimum absolute atomic E-state index is 0.107. The molecule has 3 heterocycles. The van der Waals surface area contributed by atoms with Gasteiger partial charge in [-0.1, -0.05) is 12.8 Å². The molecule has 2 aliphatic rings. The molecule has 1 aliphatic carbocycles. The first-order valence-corrected chi connectivity index (χ1v) is 15.3. The molecule has 37 heavy (non-hydrogen) atoms. The molecule has 5 atom stereocenters. The van der Waals surface area contributed by atoms with Crippen LogP contribution in [0.2, 0.25) is 5.28 Å². The molecule has 4 rings (SSSR count). The summed E-state index contributed by atoms with van der Waals surface area (Å²) in [6.07, 6.45) is -0.854. The highest BCUT2D eigenvalue weighted by Gasteiger charge is 2.49. The third-order valence-electron chi connectivity index (χ3n) is 6.41. The molecular weight excluding hydrogens is 555 g/mol. The number of aliphatic hydroxyl groups is 2. The molecule has 1 amide bonds. The topological polar surface area (TPSA) is 226 Å². The number of anilines is 1. The molecule has 0 spiro atoms. The van der Waals surface area contributed by atoms with E-state index >= 15 is 0 Å². The second-order valence-electron chi connectivity index (χ2n) is 9.15. The van der Waals surface area contributed by atoms with Crippen molar-refractivity contribution < 1.29 is 42.5 Å². The number of carbonyl (C=O) groups excluding carboxylic acids is 1. The van der Waals surface area contributed by atoms with Crippen molar-refractivity contribution in [3.8, 4) is 0 Å². The van der Waals surface area contributed by atoms with Gasteiger partial charge in [-0.15, -0.1) is 0 Å². The summed E-state index contributed by atoms with van der Waals surface area (Å²) in [5.74, 6) is -1.29. The van der Waals surface area contributed by atoms with E-state index in [4.69, 9.17) is 16.3 Å². The van der Waals surface area contributed by atoms with Crippen molar-refractivity contribution in [2.24, 2.45) is 0 Å². The first-order chi connectivity index (χ1) is 17.3. The van der Waals surface area contributed by atoms with Crippen molar-refractivity contribution in [3.05, 3.63) is 11.5 Å². The van der Waals surface area contributed by atoms with Crippen molar-refractivity contribution in [1.29, 1.82) is 0 Å². The maximum absolute atomic E-state index is 12.9. The Kier molecular flexibility index (Phi) is 8.12. The van der Waals surface area contributed by atoms with Crippen molar-refractivity contribution in [3.63, 3.8) is 0 Å². The highest BCUT2D eigenvalue weighted by molar-refractivity contribution is 7.98. The van der Waals surface area contributed by atoms with E-state index < -0.39 is 65.2 Å². The Labute approximate surface area is 216 Å². The third kappa shape index (κ3) is 6.06. The van der Waals surface area contributed by atoms with Gasteiger partial charge in [-0.3, -0.25) is 9.36 Å². The average molecular weight is 583 g/mol. The maximum atomic E-state index is 12.9. The fourth-order valence-corrected chi connectivity index (χ4v) is 8.27. The van der Waals surface area contributed by atoms with Gasteiger partial charge < -0.3 is 35.4 Å². The van der Waals surface area contributed by atoms with Crippen LogP contribution >= 0.6 is 19.2 Å². The van der Waals surface area contributed by atoms with Crippen LogP contribution in [0.3, 0.4) is 0 Å². The summed E-state index contributed by atoms with van der Waals surface area (Å²) in [6.45, 7) is 0.222. The molecule has 0 aromatic carbocycles. The molecule has 18 heteroatoms. The Morgan fingerprint density at radius 3 is 2.57 bits per heavy atom. The van der Waals surface area contributed by atoms with Crippen molar-refractivity contribution in [2.45, 2.75) is 68.2 Å². The summed E-state index contributed by atoms with van der Waals surface area (Å²) >= 11 is 6.12. The number of hydrogen-bond donors (Lipinski definition) is 6. The molecule has 0 bridgehead atoms. The standard InChI is InChI=1S/C19H28ClN6O9PS/c1-9(27)21-7-13(36(30,31)32)37(33,34)8-12-14(28)15(29)18(35-12)26-17-11(6-22-26)16(24-19(20)25-17)23-10-4-2-3-5-10/h6,10,12-15,18,28-29H,2-5,7-8H2,1H3,(H,21,27)(H,23,24,25)(H2,30,31,32)/t12-,13?,14-,15-,18-/m1/s1. The van der Waals surface area contributed by atoms with Crippen LogP contribution < -0.4 is 10.6 Å². The summed E-state index contributed by atoms with van der Waals surface area (Å²) in [6, 6.07) is 0.196. The zero-order chi connectivity index (χ0) is 27.1. The van der Waals surface area contributed by atoms with E-state index in [2.05, 4.69) is 25.7 Å². The minimum Gasteiger partial charge on any atom is -0.387 e. The summed E-state index contributed by atoms with van der Waals surface area (Å²) in [7, 11) is -9.86. The fraction of sp³-hybridized carbons (Fsp3) is 0.684. The number of rotatable bonds is 9. The lowest BCUT2D eigenvalue weighted by Crippen LogP contribution is -2.42. The molecule has 1 saturated heterocycles. The lowest BCUT2D eigenvalue weighted by Gasteiger charge is -2.22. The number of nitrogens with one attached hydrogen (secondary N) is 2. The van der Waals surface area contributed by atoms with Gasteiger partial charge in [0.05, 0.1) is 17.3 Å². The predicted octanol–water partition coefficient (Wildman–Crippen LogP) is -0.492. The monoisotopic (exact) mass is 582 g/mol. The molecule has 1 aliphatic heterocycles. The number of nitrogens with zero attached hydrogens (tertiary/aromatic N) is 4. The lowest BCUT2D eigenvalue weighted by molar-refractivity contribution is -0.118. The Morgan fingerprint density at radius 2 is 1.95 bits per heavy atom. The second kappa shape index (κ2) is 10.7. The average Bonchev–Trinajstić information content (AvgIpc) is 3.49. The summed E-state index contributed by atoms with van der Waals surface area (Å²) in [5, 5.41) is 31.2. The van der Waals surface area contributed by atoms with E-state index in [-0.39, 0.29) is 17.0 Å². The number of halogens is 1. The van der Waals surface area contributed by atoms with Gasteiger partial charge in [0.1, 0.15) is 24.1 Å². The first kappa shape index (κ1) is 28.1. The summed E-state index contributed by atoms with van der Waals surface area (Å²) in [4.78, 5) is 36.4. The predicted molar refractivity (Wildman–Crippen MR) is 130 cm³/mol. The van der Waals surface area contributed by atoms with Gasteiger partial charge in [-0.05, 0) is 24.4 Å². The highest BCUT2D eigenvalue weighted by Crippen LogP contribution is 2.45. The Morgan fingerprint density at radius 1 is 1.27 bits per heavy atom. The van der Waals surface area contributed by atoms with Gasteiger partial charge in [0.25, 0.3) is 0 Å². The lowest BCUT2D eigenvalue weighted by atomic mass is 10.1. The molecular formula is C19H28ClN6O9PS. The Balaban J connectivity index is 1.58. The highest BCUT2D eigenvalue weighted by atomic mass is 35.5. The minimum atomic E-state index is -5.22. The van der Waals surface area contributed by atoms with E-state index in [1.54, 1.807) is 0 Å². The van der Waals surface area contributed by atoms with Gasteiger partial charge in [0.2, 0.25) is 11.2 Å². The van der Waals surface area contributed by atoms with Crippen LogP contribution in [0.4, 0.5) is 5.82 Å². The largest absolute Gasteiger partial charge is 0.387 e. The molecule has 206 valence electrons. The van der Waals surface area contributed by atoms with Crippen LogP contribution in [-0.4, -0.2) is 95.7 Å². The molecule has 2 aromatic heterocycles. The normalized spacial score (nSPS) is 26.0. The third-order valence-corrected chi connectivity index (χ3v) is 11.1. The van der Waals surface area contributed by atoms with Gasteiger partial charge in [0, 0.05) is 19.5 Å². The van der Waals surface area contributed by atoms with Crippen LogP contribution in [0, 0.1) is 0 Å². The van der Waals surface area contributed by atoms with Crippen LogP contribution in [0.1, 0.15) is 38.8 Å². The van der Waals surface area contributed by atoms with E-state index in [0.29, 0.717) is 11.2 Å². The number of sulfone groups is 1. The molecule has 2 aromatic rings. The first-order valence-electron chi connectivity index (χ1n) is 11.5. The van der Waals surface area contributed by atoms with E-state index in [9.17, 15) is 37.8 Å². The zero-order valence-corrected chi connectivity index (χ0v) is 22.1. The zero-order valence-electron chi connectivity index (χ0n) is 19.6. The van der Waals surface area contributed by atoms with E-state index in [1.165, 1.54) is 6.20 Å². The van der Waals surface area contributed by atoms with E-state index in [1.807, 2.05) is 0 Å². The number of carbonyl (C=O) groups is 1. The van der Waals surface area contributed by atoms with Crippen LogP contribution in [0.5, 0.6) is 0 Å². The SMILES string of the molecule is CC(=O)NCC(P(=O)(O)O)S(=O)(=O)C[C@H]1O[C@@H](n2ncc3c(NC4CCCC4)nc(Cl)nc32)[C@H](O)[C@@H]1O. The molecule has 2 fully saturated rings. The number of amides is 1. The Bertz CT molecular complexity index is 1310. The van der Waals surface area contributed by atoms with Crippen molar-refractivity contribution in [1.82, 2.24) is 25.1 Å². The molecule has 0 radical (unpaired) electrons. The second-order valence-corrected chi connectivity index (χ2v) is 13.9. The summed E-state index contributed by atoms with van der Waals surface area (Å²) in [5.41, 5.74) is 0.166. The van der Waals surface area contributed by atoms with E-state index in [0.717, 1.165) is 37.3 Å². The number of aliphatic hydroxyl groups excluding tert-OH is 2. The van der Waals surface area contributed by atoms with Gasteiger partial charge in [-0.2, -0.15) is 15.1 Å². The van der Waals surface area contributed by atoms with Crippen LogP contribution in [0.25, 0.3) is 11.0 Å². The van der Waals surface area contributed by atoms with Crippen LogP contribution in [0.15, 0.2) is 6.20 Å². The Hall–Kier alpha value is -1.91. The fourth-order valence-electron chi connectivity index (χ4n) is 4.55. The molecule has 1 unspecified atom stereocenters. The number of hydrogen-bond acceptors (Lipinski definition) is 11.